The summed E-state index contributed by atoms with van der Waals surface area (Å²) in [7, 11) is 0. The van der Waals surface area contributed by atoms with Crippen molar-refractivity contribution < 1.29 is 4.74 Å². The normalized spacial score (nSPS) is 10.5. The van der Waals surface area contributed by atoms with E-state index in [0.29, 0.717) is 6.61 Å². The van der Waals surface area contributed by atoms with Gasteiger partial charge in [0.25, 0.3) is 0 Å². The van der Waals surface area contributed by atoms with Gasteiger partial charge in [0.2, 0.25) is 0 Å². The van der Waals surface area contributed by atoms with Crippen LogP contribution >= 0.6 is 27.7 Å². The highest BCUT2D eigenvalue weighted by atomic mass is 79.9. The molecule has 0 spiro atoms. The van der Waals surface area contributed by atoms with E-state index in [2.05, 4.69) is 41.6 Å². The molecule has 0 aliphatic heterocycles. The van der Waals surface area contributed by atoms with E-state index in [1.165, 1.54) is 43.4 Å². The number of benzene rings is 1. The zero-order valence-electron chi connectivity index (χ0n) is 12.4. The van der Waals surface area contributed by atoms with E-state index in [4.69, 9.17) is 4.74 Å². The Morgan fingerprint density at radius 1 is 1.25 bits per heavy atom. The molecule has 0 saturated carbocycles. The Morgan fingerprint density at radius 3 is 2.75 bits per heavy atom. The van der Waals surface area contributed by atoms with Gasteiger partial charge in [-0.05, 0) is 45.8 Å². The van der Waals surface area contributed by atoms with E-state index < -0.39 is 0 Å². The summed E-state index contributed by atoms with van der Waals surface area (Å²) in [5, 5.41) is 0. The zero-order valence-corrected chi connectivity index (χ0v) is 14.8. The summed E-state index contributed by atoms with van der Waals surface area (Å²) in [6, 6.07) is 6.33. The van der Waals surface area contributed by atoms with Crippen molar-refractivity contribution in [3.05, 3.63) is 40.9 Å². The van der Waals surface area contributed by atoms with Gasteiger partial charge in [0.1, 0.15) is 12.4 Å². The second kappa shape index (κ2) is 11.3. The highest BCUT2D eigenvalue weighted by Crippen LogP contribution is 2.27. The Labute approximate surface area is 136 Å². The fourth-order valence-corrected chi connectivity index (χ4v) is 3.41. The number of rotatable bonds is 11. The van der Waals surface area contributed by atoms with E-state index in [0.717, 1.165) is 16.0 Å². The molecule has 0 heterocycles. The molecule has 0 aliphatic carbocycles. The van der Waals surface area contributed by atoms with Crippen molar-refractivity contribution in [2.45, 2.75) is 44.8 Å². The third-order valence-corrected chi connectivity index (χ3v) is 4.75. The average Bonchev–Trinajstić information content (AvgIpc) is 2.45. The topological polar surface area (TPSA) is 9.23 Å². The van der Waals surface area contributed by atoms with Gasteiger partial charge in [-0.15, -0.1) is 0 Å². The molecule has 1 nitrogen and oxygen atoms in total. The Kier molecular flexibility index (Phi) is 9.94. The molecule has 0 aromatic heterocycles. The minimum atomic E-state index is 0.546. The lowest BCUT2D eigenvalue weighted by atomic mass is 10.2. The van der Waals surface area contributed by atoms with Crippen LogP contribution < -0.4 is 4.74 Å². The zero-order chi connectivity index (χ0) is 14.6. The number of unbranched alkanes of at least 4 members (excludes halogenated alkanes) is 4. The predicted octanol–water partition coefficient (Wildman–Crippen LogP) is 6.22. The molecule has 0 aliphatic rings. The van der Waals surface area contributed by atoms with Crippen molar-refractivity contribution in [3.63, 3.8) is 0 Å². The van der Waals surface area contributed by atoms with Gasteiger partial charge in [0, 0.05) is 5.75 Å². The fourth-order valence-electron chi connectivity index (χ4n) is 1.90. The lowest BCUT2D eigenvalue weighted by Crippen LogP contribution is -1.94. The summed E-state index contributed by atoms with van der Waals surface area (Å²) in [5.74, 6) is 3.22. The summed E-state index contributed by atoms with van der Waals surface area (Å²) < 4.78 is 6.58. The Morgan fingerprint density at radius 2 is 2.05 bits per heavy atom. The molecule has 1 aromatic rings. The predicted molar refractivity (Wildman–Crippen MR) is 94.8 cm³/mol. The molecule has 0 radical (unpaired) electrons. The SMILES string of the molecule is C=CCOc1ccc(CSCCCCCCC)cc1Br. The molecular formula is C17H25BrOS. The summed E-state index contributed by atoms with van der Waals surface area (Å²) in [6.45, 7) is 6.46. The number of thioether (sulfide) groups is 1. The molecule has 0 atom stereocenters. The molecular weight excluding hydrogens is 332 g/mol. The van der Waals surface area contributed by atoms with Gasteiger partial charge in [0.15, 0.2) is 0 Å². The second-order valence-electron chi connectivity index (χ2n) is 4.83. The number of halogens is 1. The van der Waals surface area contributed by atoms with Crippen molar-refractivity contribution in [1.29, 1.82) is 0 Å². The number of hydrogen-bond acceptors (Lipinski definition) is 2. The van der Waals surface area contributed by atoms with Gasteiger partial charge in [0.05, 0.1) is 4.47 Å². The maximum atomic E-state index is 5.55. The van der Waals surface area contributed by atoms with E-state index in [1.54, 1.807) is 6.08 Å². The molecule has 1 aromatic carbocycles. The van der Waals surface area contributed by atoms with Crippen molar-refractivity contribution >= 4 is 27.7 Å². The van der Waals surface area contributed by atoms with E-state index >= 15 is 0 Å². The third kappa shape index (κ3) is 7.39. The first kappa shape index (κ1) is 17.6. The van der Waals surface area contributed by atoms with Crippen molar-refractivity contribution in [3.8, 4) is 5.75 Å². The summed E-state index contributed by atoms with van der Waals surface area (Å²) in [5.41, 5.74) is 1.35. The molecule has 0 amide bonds. The van der Waals surface area contributed by atoms with Crippen LogP contribution in [0.5, 0.6) is 5.75 Å². The monoisotopic (exact) mass is 356 g/mol. The quantitative estimate of drug-likeness (QED) is 0.344. The van der Waals surface area contributed by atoms with Gasteiger partial charge in [-0.2, -0.15) is 11.8 Å². The van der Waals surface area contributed by atoms with Crippen LogP contribution in [0.1, 0.15) is 44.6 Å². The second-order valence-corrected chi connectivity index (χ2v) is 6.79. The maximum absolute atomic E-state index is 5.55. The Bertz CT molecular complexity index is 393. The van der Waals surface area contributed by atoms with Crippen LogP contribution in [-0.2, 0) is 5.75 Å². The van der Waals surface area contributed by atoms with Crippen molar-refractivity contribution in [1.82, 2.24) is 0 Å². The number of hydrogen-bond donors (Lipinski definition) is 0. The average molecular weight is 357 g/mol. The van der Waals surface area contributed by atoms with Crippen LogP contribution in [0.3, 0.4) is 0 Å². The molecule has 0 unspecified atom stereocenters. The standard InChI is InChI=1S/C17H25BrOS/c1-3-5-6-7-8-12-20-14-15-9-10-17(16(18)13-15)19-11-4-2/h4,9-10,13H,2-3,5-8,11-12,14H2,1H3. The highest BCUT2D eigenvalue weighted by Gasteiger charge is 2.02. The molecule has 20 heavy (non-hydrogen) atoms. The Balaban J connectivity index is 2.23. The van der Waals surface area contributed by atoms with Crippen LogP contribution in [0.15, 0.2) is 35.3 Å². The van der Waals surface area contributed by atoms with Crippen LogP contribution in [0.4, 0.5) is 0 Å². The fraction of sp³-hybridized carbons (Fsp3) is 0.529. The van der Waals surface area contributed by atoms with Crippen LogP contribution in [0, 0.1) is 0 Å². The largest absolute Gasteiger partial charge is 0.488 e. The first-order valence-electron chi connectivity index (χ1n) is 7.37. The molecule has 0 saturated heterocycles. The lowest BCUT2D eigenvalue weighted by molar-refractivity contribution is 0.361. The smallest absolute Gasteiger partial charge is 0.133 e. The minimum Gasteiger partial charge on any atom is -0.488 e. The van der Waals surface area contributed by atoms with Gasteiger partial charge in [-0.25, -0.2) is 0 Å². The van der Waals surface area contributed by atoms with Crippen LogP contribution in [0.2, 0.25) is 0 Å². The van der Waals surface area contributed by atoms with Gasteiger partial charge in [-0.3, -0.25) is 0 Å². The third-order valence-electron chi connectivity index (χ3n) is 3.01. The lowest BCUT2D eigenvalue weighted by Gasteiger charge is -2.08. The maximum Gasteiger partial charge on any atom is 0.133 e. The van der Waals surface area contributed by atoms with Crippen LogP contribution in [0.25, 0.3) is 0 Å². The molecule has 3 heteroatoms. The Hall–Kier alpha value is -0.410. The molecule has 1 rings (SSSR count). The van der Waals surface area contributed by atoms with Crippen LogP contribution in [-0.4, -0.2) is 12.4 Å². The first-order valence-corrected chi connectivity index (χ1v) is 9.32. The van der Waals surface area contributed by atoms with Crippen molar-refractivity contribution in [2.75, 3.05) is 12.4 Å². The molecule has 0 N–H and O–H groups in total. The summed E-state index contributed by atoms with van der Waals surface area (Å²) >= 11 is 5.58. The van der Waals surface area contributed by atoms with Gasteiger partial charge >= 0.3 is 0 Å². The minimum absolute atomic E-state index is 0.546. The van der Waals surface area contributed by atoms with E-state index in [1.807, 2.05) is 17.8 Å². The van der Waals surface area contributed by atoms with Gasteiger partial charge < -0.3 is 4.74 Å². The molecule has 0 fully saturated rings. The van der Waals surface area contributed by atoms with E-state index in [-0.39, 0.29) is 0 Å². The van der Waals surface area contributed by atoms with Gasteiger partial charge in [-0.1, -0.05) is 51.3 Å². The first-order chi connectivity index (χ1) is 9.77. The highest BCUT2D eigenvalue weighted by molar-refractivity contribution is 9.10. The van der Waals surface area contributed by atoms with Crippen molar-refractivity contribution in [2.24, 2.45) is 0 Å². The molecule has 0 bridgehead atoms. The summed E-state index contributed by atoms with van der Waals surface area (Å²) in [6.07, 6.45) is 8.56. The molecule has 112 valence electrons. The summed E-state index contributed by atoms with van der Waals surface area (Å²) in [4.78, 5) is 0. The van der Waals surface area contributed by atoms with E-state index in [9.17, 15) is 0 Å². The number of ether oxygens (including phenoxy) is 1.